The van der Waals surface area contributed by atoms with Crippen molar-refractivity contribution in [2.75, 3.05) is 19.8 Å². The molecule has 0 aromatic heterocycles. The van der Waals surface area contributed by atoms with Gasteiger partial charge in [-0.25, -0.2) is 4.57 Å². The number of rotatable bonds is 40. The van der Waals surface area contributed by atoms with Gasteiger partial charge in [0.1, 0.15) is 0 Å². The minimum atomic E-state index is -4.39. The average molecular weight is 759 g/mol. The summed E-state index contributed by atoms with van der Waals surface area (Å²) in [7, 11) is -4.39. The summed E-state index contributed by atoms with van der Waals surface area (Å²) in [5.74, 6) is -0.451. The number of unbranched alkanes of at least 4 members (excludes halogenated alkanes) is 24. The number of nitrogens with one attached hydrogen (secondary N) is 1. The van der Waals surface area contributed by atoms with Crippen LogP contribution in [0.4, 0.5) is 0 Å². The summed E-state index contributed by atoms with van der Waals surface area (Å²) in [6.07, 6.45) is 39.8. The van der Waals surface area contributed by atoms with Gasteiger partial charge >= 0.3 is 7.82 Å². The van der Waals surface area contributed by atoms with Gasteiger partial charge in [-0.1, -0.05) is 173 Å². The van der Waals surface area contributed by atoms with Gasteiger partial charge in [0.2, 0.25) is 5.91 Å². The third kappa shape index (κ3) is 35.9. The summed E-state index contributed by atoms with van der Waals surface area (Å²) < 4.78 is 22.0. The number of carbonyl (C=O) groups excluding carboxylic acids is 1. The number of hydrogen-bond donors (Lipinski definition) is 5. The smallest absolute Gasteiger partial charge is 0.393 e. The van der Waals surface area contributed by atoms with E-state index < -0.39 is 38.6 Å². The maximum Gasteiger partial charge on any atom is 0.472 e. The summed E-state index contributed by atoms with van der Waals surface area (Å²) in [6.45, 7) is 3.95. The number of hydrogen-bond acceptors (Lipinski definition) is 7. The highest BCUT2D eigenvalue weighted by Gasteiger charge is 2.27. The van der Waals surface area contributed by atoms with Gasteiger partial charge in [0, 0.05) is 6.54 Å². The van der Waals surface area contributed by atoms with Gasteiger partial charge in [-0.15, -0.1) is 0 Å². The summed E-state index contributed by atoms with van der Waals surface area (Å²) in [5, 5.41) is 24.0. The predicted molar refractivity (Wildman–Crippen MR) is 218 cm³/mol. The number of amides is 1. The Kier molecular flexibility index (Phi) is 37.4. The first-order valence-corrected chi connectivity index (χ1v) is 23.0. The fourth-order valence-corrected chi connectivity index (χ4v) is 7.05. The summed E-state index contributed by atoms with van der Waals surface area (Å²) >= 11 is 0. The molecule has 0 aromatic rings. The fraction of sp³-hybridized carbons (Fsp3) is 0.881. The third-order valence-corrected chi connectivity index (χ3v) is 10.6. The number of phosphoric acid groups is 1. The molecule has 0 aliphatic rings. The van der Waals surface area contributed by atoms with Crippen molar-refractivity contribution in [2.45, 2.75) is 218 Å². The highest BCUT2D eigenvalue weighted by atomic mass is 31.2. The van der Waals surface area contributed by atoms with Crippen molar-refractivity contribution in [3.8, 4) is 0 Å². The van der Waals surface area contributed by atoms with Crippen molar-refractivity contribution in [3.63, 3.8) is 0 Å². The largest absolute Gasteiger partial charge is 0.472 e. The molecule has 308 valence electrons. The monoisotopic (exact) mass is 759 g/mol. The Hall–Kier alpha value is -1.06. The van der Waals surface area contributed by atoms with Gasteiger partial charge in [0.25, 0.3) is 0 Å². The molecule has 0 radical (unpaired) electrons. The van der Waals surface area contributed by atoms with E-state index >= 15 is 0 Å². The van der Waals surface area contributed by atoms with E-state index in [0.29, 0.717) is 6.42 Å². The van der Waals surface area contributed by atoms with E-state index in [1.165, 1.54) is 122 Å². The Bertz CT molecular complexity index is 888. The maximum absolute atomic E-state index is 12.8. The van der Waals surface area contributed by atoms with E-state index in [1.54, 1.807) is 6.08 Å². The Labute approximate surface area is 320 Å². The Morgan fingerprint density at radius 2 is 1.08 bits per heavy atom. The molecule has 0 saturated heterocycles. The molecule has 0 rings (SSSR count). The van der Waals surface area contributed by atoms with E-state index in [2.05, 4.69) is 31.3 Å². The van der Waals surface area contributed by atoms with Gasteiger partial charge in [0.05, 0.1) is 37.9 Å². The Morgan fingerprint density at radius 1 is 0.654 bits per heavy atom. The molecule has 0 spiro atoms. The van der Waals surface area contributed by atoms with Crippen molar-refractivity contribution in [1.29, 1.82) is 0 Å². The van der Waals surface area contributed by atoms with E-state index in [9.17, 15) is 24.5 Å². The average Bonchev–Trinajstić information content (AvgIpc) is 3.12. The summed E-state index contributed by atoms with van der Waals surface area (Å²) in [4.78, 5) is 22.7. The molecule has 1 amide bonds. The van der Waals surface area contributed by atoms with Crippen LogP contribution in [0.1, 0.15) is 200 Å². The Morgan fingerprint density at radius 3 is 1.54 bits per heavy atom. The lowest BCUT2D eigenvalue weighted by atomic mass is 10.0. The topological polar surface area (TPSA) is 151 Å². The van der Waals surface area contributed by atoms with Gasteiger partial charge in [-0.3, -0.25) is 13.8 Å². The lowest BCUT2D eigenvalue weighted by Crippen LogP contribution is -2.46. The van der Waals surface area contributed by atoms with Gasteiger partial charge < -0.3 is 26.2 Å². The first-order chi connectivity index (χ1) is 25.3. The van der Waals surface area contributed by atoms with Crippen molar-refractivity contribution >= 4 is 13.7 Å². The molecule has 0 bridgehead atoms. The van der Waals surface area contributed by atoms with E-state index in [-0.39, 0.29) is 19.6 Å². The first kappa shape index (κ1) is 50.9. The molecular formula is C42H83N2O7P. The second-order valence-electron chi connectivity index (χ2n) is 14.7. The molecule has 52 heavy (non-hydrogen) atoms. The molecule has 0 aromatic carbocycles. The van der Waals surface area contributed by atoms with Crippen LogP contribution in [-0.4, -0.2) is 59.0 Å². The molecule has 0 saturated carbocycles. The van der Waals surface area contributed by atoms with Crippen LogP contribution in [0.3, 0.4) is 0 Å². The molecule has 0 heterocycles. The zero-order valence-corrected chi connectivity index (χ0v) is 34.6. The van der Waals surface area contributed by atoms with E-state index in [1.807, 2.05) is 6.08 Å². The van der Waals surface area contributed by atoms with Crippen LogP contribution >= 0.6 is 7.82 Å². The second-order valence-corrected chi connectivity index (χ2v) is 16.2. The molecule has 10 heteroatoms. The number of nitrogens with two attached hydrogens (primary N) is 1. The van der Waals surface area contributed by atoms with Crippen LogP contribution < -0.4 is 11.1 Å². The third-order valence-electron chi connectivity index (χ3n) is 9.58. The minimum absolute atomic E-state index is 0.0486. The zero-order valence-electron chi connectivity index (χ0n) is 33.7. The van der Waals surface area contributed by atoms with Gasteiger partial charge in [-0.2, -0.15) is 0 Å². The molecule has 0 fully saturated rings. The number of aliphatic hydroxyl groups is 2. The van der Waals surface area contributed by atoms with Crippen LogP contribution in [0.5, 0.6) is 0 Å². The van der Waals surface area contributed by atoms with Crippen LogP contribution in [0, 0.1) is 0 Å². The van der Waals surface area contributed by atoms with Gasteiger partial charge in [-0.05, 0) is 44.9 Å². The number of allylic oxidation sites excluding steroid dienone is 3. The zero-order chi connectivity index (χ0) is 38.4. The Balaban J connectivity index is 4.26. The van der Waals surface area contributed by atoms with Crippen LogP contribution in [0.2, 0.25) is 0 Å². The molecule has 6 N–H and O–H groups in total. The maximum atomic E-state index is 12.8. The normalized spacial score (nSPS) is 15.0. The number of carbonyl (C=O) groups is 1. The summed E-state index contributed by atoms with van der Waals surface area (Å²) in [6, 6.07) is -0.982. The lowest BCUT2D eigenvalue weighted by molar-refractivity contribution is -0.124. The second kappa shape index (κ2) is 38.2. The SMILES string of the molecule is CCCCCCCCCCC/C=C/C(O)C(COP(=O)(O)OCCN)NC(=O)CC(O)CCCCCCC/C=C\CCCCCCCCCCCC. The predicted octanol–water partition coefficient (Wildman–Crippen LogP) is 10.8. The molecular weight excluding hydrogens is 675 g/mol. The quantitative estimate of drug-likeness (QED) is 0.0235. The van der Waals surface area contributed by atoms with Crippen LogP contribution in [0.25, 0.3) is 0 Å². The van der Waals surface area contributed by atoms with Crippen molar-refractivity contribution < 1.29 is 33.5 Å². The van der Waals surface area contributed by atoms with Crippen molar-refractivity contribution in [3.05, 3.63) is 24.3 Å². The number of phosphoric ester groups is 1. The van der Waals surface area contributed by atoms with E-state index in [0.717, 1.165) is 51.4 Å². The van der Waals surface area contributed by atoms with E-state index in [4.69, 9.17) is 14.8 Å². The highest BCUT2D eigenvalue weighted by molar-refractivity contribution is 7.47. The first-order valence-electron chi connectivity index (χ1n) is 21.5. The molecule has 4 unspecified atom stereocenters. The fourth-order valence-electron chi connectivity index (χ4n) is 6.29. The van der Waals surface area contributed by atoms with Crippen LogP contribution in [-0.2, 0) is 18.4 Å². The highest BCUT2D eigenvalue weighted by Crippen LogP contribution is 2.43. The number of aliphatic hydroxyl groups excluding tert-OH is 2. The standard InChI is InChI=1S/C42H83N2O7P/c1-3-5-7-9-11-13-15-16-17-18-19-20-21-22-24-25-27-29-31-33-39(45)37-42(47)44-40(38-51-52(48,49)50-36-35-43)41(46)34-32-30-28-26-23-14-12-10-8-6-4-2/h20-21,32,34,39-41,45-46H,3-19,22-31,33,35-38,43H2,1-2H3,(H,44,47)(H,48,49)/b21-20-,34-32+. The molecule has 0 aliphatic heterocycles. The van der Waals surface area contributed by atoms with Gasteiger partial charge in [0.15, 0.2) is 0 Å². The lowest BCUT2D eigenvalue weighted by Gasteiger charge is -2.24. The molecule has 0 aliphatic carbocycles. The van der Waals surface area contributed by atoms with Crippen LogP contribution in [0.15, 0.2) is 24.3 Å². The van der Waals surface area contributed by atoms with Crippen molar-refractivity contribution in [2.24, 2.45) is 5.73 Å². The molecule has 9 nitrogen and oxygen atoms in total. The van der Waals surface area contributed by atoms with Crippen molar-refractivity contribution in [1.82, 2.24) is 5.32 Å². The molecule has 4 atom stereocenters. The summed E-state index contributed by atoms with van der Waals surface area (Å²) in [5.41, 5.74) is 5.35. The minimum Gasteiger partial charge on any atom is -0.393 e.